The van der Waals surface area contributed by atoms with Crippen LogP contribution in [0.3, 0.4) is 0 Å². The standard InChI is InChI=1S/C13H16F2N2/c1-3-11-8-10(2)9-12(16-11)17-6-4-13(14,15)5-7-17/h3,8-9H,1,4-7H2,2H3. The molecule has 1 aliphatic heterocycles. The van der Waals surface area contributed by atoms with E-state index in [1.54, 1.807) is 6.08 Å². The summed E-state index contributed by atoms with van der Waals surface area (Å²) in [7, 11) is 0. The van der Waals surface area contributed by atoms with Gasteiger partial charge in [0.05, 0.1) is 5.69 Å². The fourth-order valence-electron chi connectivity index (χ4n) is 2.00. The van der Waals surface area contributed by atoms with Crippen molar-refractivity contribution in [3.8, 4) is 0 Å². The lowest BCUT2D eigenvalue weighted by molar-refractivity contribution is -0.0221. The molecule has 2 rings (SSSR count). The molecule has 4 heteroatoms. The van der Waals surface area contributed by atoms with Gasteiger partial charge in [-0.1, -0.05) is 6.58 Å². The van der Waals surface area contributed by atoms with Crippen LogP contribution in [0.25, 0.3) is 6.08 Å². The number of piperidine rings is 1. The molecule has 0 unspecified atom stereocenters. The SMILES string of the molecule is C=Cc1cc(C)cc(N2CCC(F)(F)CC2)n1. The van der Waals surface area contributed by atoms with Crippen molar-refractivity contribution in [3.05, 3.63) is 30.0 Å². The Labute approximate surface area is 100.0 Å². The molecule has 0 saturated carbocycles. The van der Waals surface area contributed by atoms with Gasteiger partial charge in [-0.3, -0.25) is 0 Å². The topological polar surface area (TPSA) is 16.1 Å². The second kappa shape index (κ2) is 4.43. The first-order valence-electron chi connectivity index (χ1n) is 5.74. The largest absolute Gasteiger partial charge is 0.356 e. The van der Waals surface area contributed by atoms with Gasteiger partial charge >= 0.3 is 0 Å². The van der Waals surface area contributed by atoms with Crippen molar-refractivity contribution in [1.29, 1.82) is 0 Å². The lowest BCUT2D eigenvalue weighted by Crippen LogP contribution is -2.39. The Morgan fingerprint density at radius 1 is 1.35 bits per heavy atom. The molecule has 0 spiro atoms. The predicted molar refractivity (Wildman–Crippen MR) is 65.5 cm³/mol. The Morgan fingerprint density at radius 3 is 2.59 bits per heavy atom. The van der Waals surface area contributed by atoms with Crippen molar-refractivity contribution in [3.63, 3.8) is 0 Å². The molecule has 1 aromatic rings. The molecular formula is C13H16F2N2. The minimum Gasteiger partial charge on any atom is -0.356 e. The van der Waals surface area contributed by atoms with Crippen molar-refractivity contribution in [1.82, 2.24) is 4.98 Å². The summed E-state index contributed by atoms with van der Waals surface area (Å²) in [6.45, 7) is 6.37. The van der Waals surface area contributed by atoms with E-state index in [1.807, 2.05) is 24.0 Å². The minimum atomic E-state index is -2.51. The highest BCUT2D eigenvalue weighted by Gasteiger charge is 2.34. The normalized spacial score (nSPS) is 19.1. The molecule has 0 N–H and O–H groups in total. The van der Waals surface area contributed by atoms with Crippen LogP contribution in [-0.4, -0.2) is 24.0 Å². The zero-order chi connectivity index (χ0) is 12.5. The average molecular weight is 238 g/mol. The van der Waals surface area contributed by atoms with E-state index in [0.717, 1.165) is 17.1 Å². The molecule has 0 amide bonds. The van der Waals surface area contributed by atoms with Crippen molar-refractivity contribution in [2.75, 3.05) is 18.0 Å². The number of rotatable bonds is 2. The molecule has 92 valence electrons. The van der Waals surface area contributed by atoms with E-state index >= 15 is 0 Å². The van der Waals surface area contributed by atoms with Crippen molar-refractivity contribution < 1.29 is 8.78 Å². The van der Waals surface area contributed by atoms with Crippen LogP contribution in [0, 0.1) is 6.92 Å². The van der Waals surface area contributed by atoms with Crippen LogP contribution in [0.1, 0.15) is 24.1 Å². The van der Waals surface area contributed by atoms with Crippen LogP contribution in [-0.2, 0) is 0 Å². The Balaban J connectivity index is 2.18. The average Bonchev–Trinajstić information content (AvgIpc) is 2.28. The summed E-state index contributed by atoms with van der Waals surface area (Å²) in [5.74, 6) is -1.74. The van der Waals surface area contributed by atoms with Crippen molar-refractivity contribution >= 4 is 11.9 Å². The quantitative estimate of drug-likeness (QED) is 0.786. The Kier molecular flexibility index (Phi) is 3.13. The summed E-state index contributed by atoms with van der Waals surface area (Å²) in [5, 5.41) is 0. The van der Waals surface area contributed by atoms with Gasteiger partial charge in [-0.15, -0.1) is 0 Å². The third-order valence-electron chi connectivity index (χ3n) is 3.00. The number of hydrogen-bond donors (Lipinski definition) is 0. The Hall–Kier alpha value is -1.45. The molecule has 0 bridgehead atoms. The summed E-state index contributed by atoms with van der Waals surface area (Å²) in [6.07, 6.45) is 1.49. The van der Waals surface area contributed by atoms with Crippen LogP contribution in [0.2, 0.25) is 0 Å². The molecule has 17 heavy (non-hydrogen) atoms. The van der Waals surface area contributed by atoms with E-state index in [2.05, 4.69) is 11.6 Å². The van der Waals surface area contributed by atoms with Gasteiger partial charge in [-0.25, -0.2) is 13.8 Å². The third kappa shape index (κ3) is 2.81. The molecule has 1 fully saturated rings. The van der Waals surface area contributed by atoms with E-state index in [0.29, 0.717) is 13.1 Å². The lowest BCUT2D eigenvalue weighted by atomic mass is 10.1. The highest BCUT2D eigenvalue weighted by Crippen LogP contribution is 2.30. The maximum absolute atomic E-state index is 13.1. The Morgan fingerprint density at radius 2 is 2.00 bits per heavy atom. The highest BCUT2D eigenvalue weighted by molar-refractivity contribution is 5.51. The van der Waals surface area contributed by atoms with Crippen molar-refractivity contribution in [2.45, 2.75) is 25.7 Å². The van der Waals surface area contributed by atoms with Crippen LogP contribution in [0.5, 0.6) is 0 Å². The zero-order valence-electron chi connectivity index (χ0n) is 9.92. The summed E-state index contributed by atoms with van der Waals surface area (Å²) < 4.78 is 26.1. The number of alkyl halides is 2. The second-order valence-corrected chi connectivity index (χ2v) is 4.47. The maximum atomic E-state index is 13.1. The molecule has 2 nitrogen and oxygen atoms in total. The molecule has 0 radical (unpaired) electrons. The van der Waals surface area contributed by atoms with Crippen LogP contribution in [0.4, 0.5) is 14.6 Å². The van der Waals surface area contributed by atoms with Gasteiger partial charge in [0.15, 0.2) is 0 Å². The zero-order valence-corrected chi connectivity index (χ0v) is 9.92. The van der Waals surface area contributed by atoms with E-state index in [1.165, 1.54) is 0 Å². The summed E-state index contributed by atoms with van der Waals surface area (Å²) in [5.41, 5.74) is 1.86. The van der Waals surface area contributed by atoms with Crippen LogP contribution in [0.15, 0.2) is 18.7 Å². The first-order chi connectivity index (χ1) is 8.00. The maximum Gasteiger partial charge on any atom is 0.251 e. The predicted octanol–water partition coefficient (Wildman–Crippen LogP) is 3.27. The van der Waals surface area contributed by atoms with Crippen LogP contribution >= 0.6 is 0 Å². The summed E-state index contributed by atoms with van der Waals surface area (Å²) in [4.78, 5) is 6.30. The molecule has 0 atom stereocenters. The van der Waals surface area contributed by atoms with Gasteiger partial charge in [0.1, 0.15) is 5.82 Å². The fourth-order valence-corrected chi connectivity index (χ4v) is 2.00. The number of aromatic nitrogens is 1. The highest BCUT2D eigenvalue weighted by atomic mass is 19.3. The van der Waals surface area contributed by atoms with Gasteiger partial charge < -0.3 is 4.90 Å². The number of aryl methyl sites for hydroxylation is 1. The molecule has 2 heterocycles. The number of hydrogen-bond acceptors (Lipinski definition) is 2. The summed E-state index contributed by atoms with van der Waals surface area (Å²) >= 11 is 0. The number of nitrogens with zero attached hydrogens (tertiary/aromatic N) is 2. The molecule has 1 aromatic heterocycles. The monoisotopic (exact) mass is 238 g/mol. The fraction of sp³-hybridized carbons (Fsp3) is 0.462. The lowest BCUT2D eigenvalue weighted by Gasteiger charge is -2.32. The van der Waals surface area contributed by atoms with Gasteiger partial charge in [-0.2, -0.15) is 0 Å². The number of anilines is 1. The van der Waals surface area contributed by atoms with E-state index in [9.17, 15) is 8.78 Å². The first kappa shape index (κ1) is 12.0. The van der Waals surface area contributed by atoms with E-state index in [4.69, 9.17) is 0 Å². The molecule has 0 aromatic carbocycles. The summed E-state index contributed by atoms with van der Waals surface area (Å²) in [6, 6.07) is 3.85. The second-order valence-electron chi connectivity index (χ2n) is 4.47. The minimum absolute atomic E-state index is 0.0912. The van der Waals surface area contributed by atoms with Crippen molar-refractivity contribution in [2.24, 2.45) is 0 Å². The number of halogens is 2. The van der Waals surface area contributed by atoms with Gasteiger partial charge in [0.2, 0.25) is 0 Å². The number of pyridine rings is 1. The molecule has 1 aliphatic rings. The molecule has 0 aliphatic carbocycles. The molecular weight excluding hydrogens is 222 g/mol. The van der Waals surface area contributed by atoms with Gasteiger partial charge in [-0.05, 0) is 30.7 Å². The van der Waals surface area contributed by atoms with Gasteiger partial charge in [0.25, 0.3) is 5.92 Å². The Bertz CT molecular complexity index is 419. The van der Waals surface area contributed by atoms with E-state index < -0.39 is 5.92 Å². The first-order valence-corrected chi connectivity index (χ1v) is 5.74. The van der Waals surface area contributed by atoms with Crippen LogP contribution < -0.4 is 4.90 Å². The smallest absolute Gasteiger partial charge is 0.251 e. The molecule has 1 saturated heterocycles. The van der Waals surface area contributed by atoms with Gasteiger partial charge in [0, 0.05) is 25.9 Å². The third-order valence-corrected chi connectivity index (χ3v) is 3.00. The van der Waals surface area contributed by atoms with E-state index in [-0.39, 0.29) is 12.8 Å².